The third-order valence-corrected chi connectivity index (χ3v) is 4.33. The van der Waals surface area contributed by atoms with Crippen LogP contribution in [0.1, 0.15) is 24.6 Å². The van der Waals surface area contributed by atoms with Gasteiger partial charge in [-0.2, -0.15) is 0 Å². The Labute approximate surface area is 123 Å². The fourth-order valence-corrected chi connectivity index (χ4v) is 3.01. The Kier molecular flexibility index (Phi) is 3.84. The van der Waals surface area contributed by atoms with Crippen LogP contribution in [0.3, 0.4) is 0 Å². The maximum absolute atomic E-state index is 12.0. The van der Waals surface area contributed by atoms with E-state index in [2.05, 4.69) is 22.2 Å². The van der Waals surface area contributed by atoms with E-state index in [0.717, 1.165) is 36.9 Å². The number of H-pyrrole nitrogens is 1. The SMILES string of the molecule is CN1CCC(NC(O)c2cn(C)c(=O)c3[nH]ccc23)CC1. The summed E-state index contributed by atoms with van der Waals surface area (Å²) in [5.74, 6) is 0. The van der Waals surface area contributed by atoms with Crippen molar-refractivity contribution in [3.8, 4) is 0 Å². The molecule has 0 bridgehead atoms. The van der Waals surface area contributed by atoms with E-state index < -0.39 is 6.23 Å². The molecule has 1 saturated heterocycles. The van der Waals surface area contributed by atoms with Crippen LogP contribution in [-0.2, 0) is 7.05 Å². The Morgan fingerprint density at radius 2 is 2.10 bits per heavy atom. The molecule has 21 heavy (non-hydrogen) atoms. The summed E-state index contributed by atoms with van der Waals surface area (Å²) in [7, 11) is 3.82. The minimum Gasteiger partial charge on any atom is -0.374 e. The highest BCUT2D eigenvalue weighted by Gasteiger charge is 2.21. The van der Waals surface area contributed by atoms with Gasteiger partial charge in [0.25, 0.3) is 5.56 Å². The number of aliphatic hydroxyl groups is 1. The zero-order valence-electron chi connectivity index (χ0n) is 12.5. The number of fused-ring (bicyclic) bond motifs is 1. The number of piperidine rings is 1. The second-order valence-corrected chi connectivity index (χ2v) is 5.91. The van der Waals surface area contributed by atoms with Gasteiger partial charge in [0.2, 0.25) is 0 Å². The third kappa shape index (κ3) is 2.74. The highest BCUT2D eigenvalue weighted by atomic mass is 16.3. The first-order valence-electron chi connectivity index (χ1n) is 7.35. The molecule has 1 unspecified atom stereocenters. The van der Waals surface area contributed by atoms with Gasteiger partial charge in [0.05, 0.1) is 0 Å². The molecule has 114 valence electrons. The number of aromatic nitrogens is 2. The van der Waals surface area contributed by atoms with Crippen molar-refractivity contribution in [2.24, 2.45) is 7.05 Å². The lowest BCUT2D eigenvalue weighted by atomic mass is 10.0. The standard InChI is InChI=1S/C15H22N4O2/c1-18-7-4-10(5-8-18)17-14(20)12-9-19(2)15(21)13-11(12)3-6-16-13/h3,6,9-10,14,16-17,20H,4-5,7-8H2,1-2H3. The molecule has 2 aromatic rings. The topological polar surface area (TPSA) is 73.3 Å². The predicted octanol–water partition coefficient (Wildman–Crippen LogP) is 0.541. The predicted molar refractivity (Wildman–Crippen MR) is 82.2 cm³/mol. The quantitative estimate of drug-likeness (QED) is 0.722. The Morgan fingerprint density at radius 3 is 2.81 bits per heavy atom. The van der Waals surface area contributed by atoms with Crippen molar-refractivity contribution in [1.82, 2.24) is 19.8 Å². The molecular formula is C15H22N4O2. The largest absolute Gasteiger partial charge is 0.374 e. The molecule has 1 aliphatic rings. The molecule has 0 radical (unpaired) electrons. The van der Waals surface area contributed by atoms with Crippen molar-refractivity contribution >= 4 is 10.9 Å². The summed E-state index contributed by atoms with van der Waals surface area (Å²) in [5.41, 5.74) is 1.21. The molecular weight excluding hydrogens is 268 g/mol. The van der Waals surface area contributed by atoms with Gasteiger partial charge in [0.15, 0.2) is 0 Å². The smallest absolute Gasteiger partial charge is 0.274 e. The minimum atomic E-state index is -0.761. The molecule has 3 rings (SSSR count). The zero-order chi connectivity index (χ0) is 15.0. The number of hydrogen-bond donors (Lipinski definition) is 3. The summed E-state index contributed by atoms with van der Waals surface area (Å²) in [6, 6.07) is 2.15. The second-order valence-electron chi connectivity index (χ2n) is 5.91. The summed E-state index contributed by atoms with van der Waals surface area (Å²) in [6.45, 7) is 2.08. The van der Waals surface area contributed by atoms with E-state index in [1.54, 1.807) is 19.4 Å². The van der Waals surface area contributed by atoms with Crippen LogP contribution in [0.4, 0.5) is 0 Å². The summed E-state index contributed by atoms with van der Waals surface area (Å²) >= 11 is 0. The lowest BCUT2D eigenvalue weighted by molar-refractivity contribution is 0.104. The molecule has 0 amide bonds. The van der Waals surface area contributed by atoms with Crippen molar-refractivity contribution in [2.75, 3.05) is 20.1 Å². The molecule has 1 aliphatic heterocycles. The summed E-state index contributed by atoms with van der Waals surface area (Å²) in [5, 5.41) is 14.6. The van der Waals surface area contributed by atoms with E-state index in [9.17, 15) is 9.90 Å². The van der Waals surface area contributed by atoms with Crippen LogP contribution in [-0.4, -0.2) is 45.7 Å². The second kappa shape index (κ2) is 5.63. The molecule has 0 aromatic carbocycles. The molecule has 1 fully saturated rings. The number of nitrogens with one attached hydrogen (secondary N) is 2. The molecule has 0 aliphatic carbocycles. The summed E-state index contributed by atoms with van der Waals surface area (Å²) < 4.78 is 1.51. The number of aliphatic hydroxyl groups excluding tert-OH is 1. The number of rotatable bonds is 3. The van der Waals surface area contributed by atoms with Gasteiger partial charge >= 0.3 is 0 Å². The summed E-state index contributed by atoms with van der Waals surface area (Å²) in [6.07, 6.45) is 4.73. The normalized spacial score (nSPS) is 19.2. The fraction of sp³-hybridized carbons (Fsp3) is 0.533. The number of likely N-dealkylation sites (tertiary alicyclic amines) is 1. The Bertz CT molecular complexity index is 683. The third-order valence-electron chi connectivity index (χ3n) is 4.33. The molecule has 3 heterocycles. The summed E-state index contributed by atoms with van der Waals surface area (Å²) in [4.78, 5) is 17.3. The fourth-order valence-electron chi connectivity index (χ4n) is 3.01. The highest BCUT2D eigenvalue weighted by molar-refractivity contribution is 5.82. The Morgan fingerprint density at radius 1 is 1.38 bits per heavy atom. The van der Waals surface area contributed by atoms with Gasteiger partial charge in [0.1, 0.15) is 11.7 Å². The van der Waals surface area contributed by atoms with Crippen LogP contribution >= 0.6 is 0 Å². The molecule has 2 aromatic heterocycles. The van der Waals surface area contributed by atoms with Gasteiger partial charge in [-0.3, -0.25) is 10.1 Å². The van der Waals surface area contributed by atoms with Gasteiger partial charge in [-0.25, -0.2) is 0 Å². The van der Waals surface area contributed by atoms with Gasteiger partial charge in [-0.15, -0.1) is 0 Å². The average molecular weight is 290 g/mol. The van der Waals surface area contributed by atoms with Crippen LogP contribution in [0, 0.1) is 0 Å². The van der Waals surface area contributed by atoms with Gasteiger partial charge in [0, 0.05) is 36.4 Å². The van der Waals surface area contributed by atoms with E-state index in [1.165, 1.54) is 4.57 Å². The van der Waals surface area contributed by atoms with Crippen molar-refractivity contribution < 1.29 is 5.11 Å². The van der Waals surface area contributed by atoms with Gasteiger partial charge in [-0.05, 0) is 39.0 Å². The van der Waals surface area contributed by atoms with Gasteiger partial charge < -0.3 is 19.6 Å². The van der Waals surface area contributed by atoms with Crippen LogP contribution in [0.15, 0.2) is 23.3 Å². The van der Waals surface area contributed by atoms with Crippen molar-refractivity contribution in [3.63, 3.8) is 0 Å². The molecule has 6 nitrogen and oxygen atoms in total. The van der Waals surface area contributed by atoms with Crippen molar-refractivity contribution in [2.45, 2.75) is 25.1 Å². The van der Waals surface area contributed by atoms with E-state index in [-0.39, 0.29) is 5.56 Å². The van der Waals surface area contributed by atoms with Crippen LogP contribution < -0.4 is 10.9 Å². The van der Waals surface area contributed by atoms with Crippen LogP contribution in [0.5, 0.6) is 0 Å². The number of hydrogen-bond acceptors (Lipinski definition) is 4. The Balaban J connectivity index is 1.84. The van der Waals surface area contributed by atoms with E-state index in [1.807, 2.05) is 6.07 Å². The molecule has 0 spiro atoms. The first-order valence-corrected chi connectivity index (χ1v) is 7.35. The molecule has 3 N–H and O–H groups in total. The highest BCUT2D eigenvalue weighted by Crippen LogP contribution is 2.21. The van der Waals surface area contributed by atoms with E-state index in [4.69, 9.17) is 0 Å². The zero-order valence-corrected chi connectivity index (χ0v) is 12.5. The maximum Gasteiger partial charge on any atom is 0.274 e. The minimum absolute atomic E-state index is 0.0785. The number of aromatic amines is 1. The first kappa shape index (κ1) is 14.3. The number of aryl methyl sites for hydroxylation is 1. The molecule has 1 atom stereocenters. The van der Waals surface area contributed by atoms with Gasteiger partial charge in [-0.1, -0.05) is 0 Å². The number of pyridine rings is 1. The maximum atomic E-state index is 12.0. The van der Waals surface area contributed by atoms with Crippen LogP contribution in [0.2, 0.25) is 0 Å². The Hall–Kier alpha value is -1.63. The monoisotopic (exact) mass is 290 g/mol. The molecule has 0 saturated carbocycles. The van der Waals surface area contributed by atoms with E-state index >= 15 is 0 Å². The van der Waals surface area contributed by atoms with Crippen LogP contribution in [0.25, 0.3) is 10.9 Å². The average Bonchev–Trinajstić information content (AvgIpc) is 2.95. The van der Waals surface area contributed by atoms with E-state index in [0.29, 0.717) is 11.6 Å². The molecule has 6 heteroatoms. The number of nitrogens with zero attached hydrogens (tertiary/aromatic N) is 2. The van der Waals surface area contributed by atoms with Crippen molar-refractivity contribution in [1.29, 1.82) is 0 Å². The van der Waals surface area contributed by atoms with Crippen molar-refractivity contribution in [3.05, 3.63) is 34.4 Å². The first-order chi connectivity index (χ1) is 10.1. The lowest BCUT2D eigenvalue weighted by Gasteiger charge is -2.31. The lowest BCUT2D eigenvalue weighted by Crippen LogP contribution is -2.42.